The highest BCUT2D eigenvalue weighted by Crippen LogP contribution is 2.46. The van der Waals surface area contributed by atoms with Crippen LogP contribution in [-0.2, 0) is 16.0 Å². The second-order valence-electron chi connectivity index (χ2n) is 11.1. The van der Waals surface area contributed by atoms with Gasteiger partial charge in [-0.1, -0.05) is 30.3 Å². The van der Waals surface area contributed by atoms with Gasteiger partial charge in [0.05, 0.1) is 11.0 Å². The maximum absolute atomic E-state index is 13.6. The lowest BCUT2D eigenvalue weighted by molar-refractivity contribution is -0.154. The van der Waals surface area contributed by atoms with Crippen molar-refractivity contribution in [2.24, 2.45) is 11.1 Å². The maximum Gasteiger partial charge on any atom is 0.314 e. The molecule has 7 heteroatoms. The fraction of sp³-hybridized carbons (Fsp3) is 0.571. The van der Waals surface area contributed by atoms with Crippen molar-refractivity contribution in [3.05, 3.63) is 46.8 Å². The number of ether oxygens (including phenoxy) is 1. The fourth-order valence-electron chi connectivity index (χ4n) is 6.35. The lowest BCUT2D eigenvalue weighted by Crippen LogP contribution is -2.53. The number of thiophene rings is 1. The van der Waals surface area contributed by atoms with Gasteiger partial charge in [0.1, 0.15) is 5.60 Å². The van der Waals surface area contributed by atoms with Crippen molar-refractivity contribution >= 4 is 23.2 Å². The van der Waals surface area contributed by atoms with E-state index in [9.17, 15) is 9.59 Å². The number of hydrogen-bond donors (Lipinski definition) is 1. The molecule has 0 radical (unpaired) electrons. The molecule has 1 unspecified atom stereocenters. The molecule has 4 heterocycles. The van der Waals surface area contributed by atoms with Gasteiger partial charge in [-0.3, -0.25) is 14.5 Å². The van der Waals surface area contributed by atoms with Crippen LogP contribution in [0.3, 0.4) is 0 Å². The van der Waals surface area contributed by atoms with Crippen LogP contribution in [0.2, 0.25) is 0 Å². The van der Waals surface area contributed by atoms with Crippen LogP contribution in [0.25, 0.3) is 10.4 Å². The van der Waals surface area contributed by atoms with Crippen LogP contribution >= 0.6 is 11.3 Å². The predicted molar refractivity (Wildman–Crippen MR) is 139 cm³/mol. The van der Waals surface area contributed by atoms with E-state index in [0.717, 1.165) is 85.6 Å². The lowest BCUT2D eigenvalue weighted by atomic mass is 9.74. The van der Waals surface area contributed by atoms with E-state index in [1.54, 1.807) is 11.3 Å². The summed E-state index contributed by atoms with van der Waals surface area (Å²) in [5, 5.41) is 0. The van der Waals surface area contributed by atoms with Crippen molar-refractivity contribution in [1.82, 2.24) is 9.80 Å². The minimum absolute atomic E-state index is 0.0149. The molecule has 3 aliphatic rings. The third kappa shape index (κ3) is 4.91. The molecule has 3 saturated heterocycles. The number of nitrogens with two attached hydrogens (primary N) is 1. The zero-order chi connectivity index (χ0) is 24.6. The fourth-order valence-corrected chi connectivity index (χ4v) is 7.52. The Morgan fingerprint density at radius 1 is 1.17 bits per heavy atom. The molecule has 1 aromatic carbocycles. The average Bonchev–Trinajstić information content (AvgIpc) is 3.37. The molecule has 0 bridgehead atoms. The summed E-state index contributed by atoms with van der Waals surface area (Å²) in [7, 11) is 0. The van der Waals surface area contributed by atoms with Crippen LogP contribution in [0, 0.1) is 5.41 Å². The van der Waals surface area contributed by atoms with E-state index in [1.807, 2.05) is 36.9 Å². The normalized spacial score (nSPS) is 25.2. The van der Waals surface area contributed by atoms with Crippen molar-refractivity contribution < 1.29 is 14.3 Å². The van der Waals surface area contributed by atoms with Gasteiger partial charge in [-0.25, -0.2) is 0 Å². The topological polar surface area (TPSA) is 75.9 Å². The van der Waals surface area contributed by atoms with Crippen LogP contribution in [0.4, 0.5) is 0 Å². The van der Waals surface area contributed by atoms with Gasteiger partial charge in [-0.15, -0.1) is 11.3 Å². The number of cyclic esters (lactones) is 1. The Bertz CT molecular complexity index is 1070. The Kier molecular flexibility index (Phi) is 6.77. The summed E-state index contributed by atoms with van der Waals surface area (Å²) in [5.41, 5.74) is 7.11. The van der Waals surface area contributed by atoms with Crippen molar-refractivity contribution in [1.29, 1.82) is 0 Å². The third-order valence-electron chi connectivity index (χ3n) is 7.91. The monoisotopic (exact) mass is 495 g/mol. The van der Waals surface area contributed by atoms with E-state index in [-0.39, 0.29) is 22.9 Å². The molecule has 0 saturated carbocycles. The first-order valence-corrected chi connectivity index (χ1v) is 13.8. The Labute approximate surface area is 212 Å². The minimum atomic E-state index is -0.365. The Hall–Kier alpha value is -2.22. The highest BCUT2D eigenvalue weighted by atomic mass is 32.1. The Morgan fingerprint density at radius 2 is 1.91 bits per heavy atom. The number of likely N-dealkylation sites (tertiary alicyclic amines) is 2. The van der Waals surface area contributed by atoms with Crippen LogP contribution in [0.1, 0.15) is 61.2 Å². The number of esters is 1. The molecule has 188 valence electrons. The molecule has 2 N–H and O–H groups in total. The highest BCUT2D eigenvalue weighted by molar-refractivity contribution is 7.15. The van der Waals surface area contributed by atoms with Crippen molar-refractivity contribution in [3.8, 4) is 10.4 Å². The molecule has 5 rings (SSSR count). The number of carbonyl (C=O) groups excluding carboxylic acids is 2. The lowest BCUT2D eigenvalue weighted by Gasteiger charge is -2.44. The smallest absolute Gasteiger partial charge is 0.314 e. The van der Waals surface area contributed by atoms with Crippen LogP contribution in [0.5, 0.6) is 0 Å². The van der Waals surface area contributed by atoms with E-state index in [1.165, 1.54) is 0 Å². The number of piperidine rings is 2. The van der Waals surface area contributed by atoms with Gasteiger partial charge in [-0.05, 0) is 70.7 Å². The zero-order valence-electron chi connectivity index (χ0n) is 20.9. The first-order chi connectivity index (χ1) is 16.8. The molecule has 6 nitrogen and oxygen atoms in total. The number of amides is 1. The number of rotatable bonds is 5. The zero-order valence-corrected chi connectivity index (χ0v) is 21.7. The molecule has 2 aromatic rings. The van der Waals surface area contributed by atoms with E-state index in [0.29, 0.717) is 12.6 Å². The van der Waals surface area contributed by atoms with Crippen molar-refractivity contribution in [2.75, 3.05) is 32.7 Å². The largest absolute Gasteiger partial charge is 0.459 e. The molecule has 0 aliphatic carbocycles. The number of nitrogens with zero attached hydrogens (tertiary/aromatic N) is 2. The summed E-state index contributed by atoms with van der Waals surface area (Å²) < 4.78 is 5.71. The van der Waals surface area contributed by atoms with Crippen LogP contribution < -0.4 is 5.73 Å². The molecule has 1 atom stereocenters. The van der Waals surface area contributed by atoms with Crippen molar-refractivity contribution in [3.63, 3.8) is 0 Å². The SMILES string of the molecule is CC1(C)CC2(CCCN(C3CCN(C(=O)c4cc(-c5ccccc5)sc4CCN)CC3)C2)C(=O)O1. The van der Waals surface area contributed by atoms with Gasteiger partial charge in [-0.2, -0.15) is 0 Å². The van der Waals surface area contributed by atoms with E-state index in [4.69, 9.17) is 10.5 Å². The second kappa shape index (κ2) is 9.68. The molecular formula is C28H37N3O3S. The Morgan fingerprint density at radius 3 is 2.57 bits per heavy atom. The molecule has 1 spiro atoms. The summed E-state index contributed by atoms with van der Waals surface area (Å²) in [6.07, 6.45) is 5.37. The maximum atomic E-state index is 13.6. The van der Waals surface area contributed by atoms with Gasteiger partial charge < -0.3 is 15.4 Å². The van der Waals surface area contributed by atoms with Gasteiger partial charge in [0.15, 0.2) is 0 Å². The summed E-state index contributed by atoms with van der Waals surface area (Å²) in [5.74, 6) is 0.112. The minimum Gasteiger partial charge on any atom is -0.459 e. The first-order valence-electron chi connectivity index (χ1n) is 13.0. The number of benzene rings is 1. The van der Waals surface area contributed by atoms with E-state index in [2.05, 4.69) is 23.1 Å². The first kappa shape index (κ1) is 24.5. The third-order valence-corrected chi connectivity index (χ3v) is 9.15. The van der Waals surface area contributed by atoms with Crippen LogP contribution in [0.15, 0.2) is 36.4 Å². The quantitative estimate of drug-likeness (QED) is 0.625. The summed E-state index contributed by atoms with van der Waals surface area (Å²) in [6.45, 7) is 7.90. The van der Waals surface area contributed by atoms with E-state index >= 15 is 0 Å². The van der Waals surface area contributed by atoms with Crippen molar-refractivity contribution in [2.45, 2.75) is 64.0 Å². The van der Waals surface area contributed by atoms with Gasteiger partial charge in [0, 0.05) is 41.9 Å². The molecule has 1 aromatic heterocycles. The average molecular weight is 496 g/mol. The molecule has 3 fully saturated rings. The van der Waals surface area contributed by atoms with Gasteiger partial charge in [0.25, 0.3) is 5.91 Å². The molecule has 35 heavy (non-hydrogen) atoms. The van der Waals surface area contributed by atoms with Gasteiger partial charge >= 0.3 is 5.97 Å². The molecular weight excluding hydrogens is 458 g/mol. The number of carbonyl (C=O) groups is 2. The van der Waals surface area contributed by atoms with E-state index < -0.39 is 0 Å². The predicted octanol–water partition coefficient (Wildman–Crippen LogP) is 4.33. The highest BCUT2D eigenvalue weighted by Gasteiger charge is 2.54. The second-order valence-corrected chi connectivity index (χ2v) is 12.2. The summed E-state index contributed by atoms with van der Waals surface area (Å²) in [6, 6.07) is 12.7. The standard InChI is InChI=1S/C28H37N3O3S/c1-27(2)18-28(26(33)34-27)12-6-14-31(19-28)21-10-15-30(16-11-21)25(32)22-17-24(35-23(22)9-13-29)20-7-4-3-5-8-20/h3-5,7-8,17,21H,6,9-16,18-19,29H2,1-2H3. The summed E-state index contributed by atoms with van der Waals surface area (Å²) >= 11 is 1.68. The van der Waals surface area contributed by atoms with Crippen LogP contribution in [-0.4, -0.2) is 66.0 Å². The van der Waals surface area contributed by atoms with Gasteiger partial charge in [0.2, 0.25) is 0 Å². The molecule has 1 amide bonds. The number of hydrogen-bond acceptors (Lipinski definition) is 6. The molecule has 3 aliphatic heterocycles. The summed E-state index contributed by atoms with van der Waals surface area (Å²) in [4.78, 5) is 33.1. The Balaban J connectivity index is 1.25.